The largest absolute Gasteiger partial charge is 0.396 e. The third kappa shape index (κ3) is 10.8. The van der Waals surface area contributed by atoms with Gasteiger partial charge in [0, 0.05) is 26.1 Å². The molecule has 0 saturated carbocycles. The first-order chi connectivity index (χ1) is 2.91. The summed E-state index contributed by atoms with van der Waals surface area (Å²) in [6.07, 6.45) is 3.33. The molecule has 0 unspecified atom stereocenters. The minimum absolute atomic E-state index is 0. The van der Waals surface area contributed by atoms with Crippen LogP contribution in [0.2, 0.25) is 0 Å². The Balaban J connectivity index is 0. The van der Waals surface area contributed by atoms with Gasteiger partial charge in [0.1, 0.15) is 0 Å². The van der Waals surface area contributed by atoms with Crippen molar-refractivity contribution in [3.63, 3.8) is 0 Å². The van der Waals surface area contributed by atoms with Crippen molar-refractivity contribution in [1.82, 2.24) is 0 Å². The molecule has 2 heteroatoms. The van der Waals surface area contributed by atoms with E-state index < -0.39 is 0 Å². The van der Waals surface area contributed by atoms with E-state index in [1.54, 1.807) is 0 Å². The fraction of sp³-hybridized carbons (Fsp3) is 1.00. The molecular weight excluding hydrogens is 141 g/mol. The molecule has 0 saturated heterocycles. The molecule has 0 spiro atoms. The second-order valence-electron chi connectivity index (χ2n) is 1.43. The van der Waals surface area contributed by atoms with E-state index in [-0.39, 0.29) is 19.5 Å². The molecule has 0 radical (unpaired) electrons. The molecule has 0 aliphatic heterocycles. The van der Waals surface area contributed by atoms with Crippen LogP contribution in [0.4, 0.5) is 0 Å². The number of unbranched alkanes of at least 4 members (excludes halogenated alkanes) is 2. The van der Waals surface area contributed by atoms with Gasteiger partial charge in [-0.15, -0.1) is 0 Å². The van der Waals surface area contributed by atoms with Crippen LogP contribution in [0.1, 0.15) is 26.2 Å². The Bertz CT molecular complexity index is 20.0. The van der Waals surface area contributed by atoms with Crippen LogP contribution in [-0.4, -0.2) is 11.7 Å². The Labute approximate surface area is 57.9 Å². The van der Waals surface area contributed by atoms with E-state index in [0.29, 0.717) is 6.61 Å². The van der Waals surface area contributed by atoms with Crippen molar-refractivity contribution in [2.75, 3.05) is 6.61 Å². The van der Waals surface area contributed by atoms with Crippen LogP contribution < -0.4 is 0 Å². The van der Waals surface area contributed by atoms with Gasteiger partial charge in [0.15, 0.2) is 0 Å². The first-order valence-electron chi connectivity index (χ1n) is 2.52. The number of rotatable bonds is 3. The number of hydrogen-bond acceptors (Lipinski definition) is 1. The van der Waals surface area contributed by atoms with E-state index in [1.807, 2.05) is 0 Å². The molecule has 0 aliphatic carbocycles. The van der Waals surface area contributed by atoms with E-state index in [4.69, 9.17) is 5.11 Å². The zero-order chi connectivity index (χ0) is 4.83. The summed E-state index contributed by atoms with van der Waals surface area (Å²) in [7, 11) is 0. The second kappa shape index (κ2) is 9.77. The van der Waals surface area contributed by atoms with Crippen molar-refractivity contribution in [1.29, 1.82) is 0 Å². The molecule has 40 valence electrons. The summed E-state index contributed by atoms with van der Waals surface area (Å²) in [5.41, 5.74) is 0. The smallest absolute Gasteiger partial charge is 0.0431 e. The summed E-state index contributed by atoms with van der Waals surface area (Å²) in [4.78, 5) is 0. The predicted octanol–water partition coefficient (Wildman–Crippen LogP) is 1.17. The van der Waals surface area contributed by atoms with Crippen molar-refractivity contribution in [3.8, 4) is 0 Å². The van der Waals surface area contributed by atoms with Crippen LogP contribution in [-0.2, 0) is 19.5 Å². The normalized spacial score (nSPS) is 7.71. The van der Waals surface area contributed by atoms with Crippen LogP contribution in [0.3, 0.4) is 0 Å². The maximum absolute atomic E-state index is 8.20. The quantitative estimate of drug-likeness (QED) is 0.477. The first kappa shape index (κ1) is 10.5. The second-order valence-corrected chi connectivity index (χ2v) is 1.43. The van der Waals surface area contributed by atoms with Crippen molar-refractivity contribution >= 4 is 0 Å². The van der Waals surface area contributed by atoms with Crippen LogP contribution in [0.15, 0.2) is 0 Å². The Morgan fingerprint density at radius 1 is 1.29 bits per heavy atom. The molecule has 1 N–H and O–H groups in total. The Hall–Kier alpha value is 0.583. The molecule has 0 rings (SSSR count). The summed E-state index contributed by atoms with van der Waals surface area (Å²) in [6, 6.07) is 0. The fourth-order valence-corrected chi connectivity index (χ4v) is 0.362. The molecule has 0 aromatic heterocycles. The van der Waals surface area contributed by atoms with E-state index >= 15 is 0 Å². The van der Waals surface area contributed by atoms with Gasteiger partial charge < -0.3 is 5.11 Å². The summed E-state index contributed by atoms with van der Waals surface area (Å²) in [6.45, 7) is 2.48. The molecule has 0 amide bonds. The molecule has 0 aromatic carbocycles. The van der Waals surface area contributed by atoms with Gasteiger partial charge in [0.05, 0.1) is 0 Å². The molecular formula is C5H12OZn. The van der Waals surface area contributed by atoms with Gasteiger partial charge in [-0.25, -0.2) is 0 Å². The molecule has 0 aromatic rings. The molecule has 0 fully saturated rings. The molecule has 0 aliphatic rings. The van der Waals surface area contributed by atoms with Crippen molar-refractivity contribution in [2.24, 2.45) is 0 Å². The first-order valence-corrected chi connectivity index (χ1v) is 2.52. The predicted molar refractivity (Wildman–Crippen MR) is 26.6 cm³/mol. The Morgan fingerprint density at radius 2 is 1.86 bits per heavy atom. The fourth-order valence-electron chi connectivity index (χ4n) is 0.362. The van der Waals surface area contributed by atoms with E-state index in [9.17, 15) is 0 Å². The number of aliphatic hydroxyl groups is 1. The molecule has 0 bridgehead atoms. The standard InChI is InChI=1S/C5H12O.Zn/c1-2-3-4-5-6;/h6H,2-5H2,1H3;. The Morgan fingerprint density at radius 3 is 2.00 bits per heavy atom. The Kier molecular flexibility index (Phi) is 14.7. The van der Waals surface area contributed by atoms with Crippen LogP contribution in [0.5, 0.6) is 0 Å². The maximum Gasteiger partial charge on any atom is 0.0431 e. The maximum atomic E-state index is 8.20. The van der Waals surface area contributed by atoms with Crippen molar-refractivity contribution < 1.29 is 24.6 Å². The SMILES string of the molecule is CCCCCO.[Zn]. The van der Waals surface area contributed by atoms with Gasteiger partial charge in [0.25, 0.3) is 0 Å². The van der Waals surface area contributed by atoms with Crippen molar-refractivity contribution in [2.45, 2.75) is 26.2 Å². The zero-order valence-electron chi connectivity index (χ0n) is 4.98. The van der Waals surface area contributed by atoms with E-state index in [0.717, 1.165) is 12.8 Å². The molecule has 7 heavy (non-hydrogen) atoms. The van der Waals surface area contributed by atoms with Gasteiger partial charge in [-0.1, -0.05) is 19.8 Å². The summed E-state index contributed by atoms with van der Waals surface area (Å²) >= 11 is 0. The zero-order valence-corrected chi connectivity index (χ0v) is 7.95. The van der Waals surface area contributed by atoms with Gasteiger partial charge in [0.2, 0.25) is 0 Å². The molecule has 0 atom stereocenters. The number of aliphatic hydroxyl groups excluding tert-OH is 1. The minimum Gasteiger partial charge on any atom is -0.396 e. The van der Waals surface area contributed by atoms with Gasteiger partial charge >= 0.3 is 0 Å². The summed E-state index contributed by atoms with van der Waals surface area (Å²) in [5, 5.41) is 8.20. The third-order valence-corrected chi connectivity index (χ3v) is 0.762. The number of hydrogen-bond donors (Lipinski definition) is 1. The average molecular weight is 154 g/mol. The minimum atomic E-state index is 0. The van der Waals surface area contributed by atoms with Crippen LogP contribution in [0.25, 0.3) is 0 Å². The third-order valence-electron chi connectivity index (χ3n) is 0.762. The molecule has 1 nitrogen and oxygen atoms in total. The van der Waals surface area contributed by atoms with Gasteiger partial charge in [-0.3, -0.25) is 0 Å². The van der Waals surface area contributed by atoms with Gasteiger partial charge in [-0.2, -0.15) is 0 Å². The monoisotopic (exact) mass is 152 g/mol. The van der Waals surface area contributed by atoms with E-state index in [1.165, 1.54) is 6.42 Å². The van der Waals surface area contributed by atoms with Crippen LogP contribution in [0, 0.1) is 0 Å². The molecule has 0 heterocycles. The summed E-state index contributed by atoms with van der Waals surface area (Å²) in [5.74, 6) is 0. The van der Waals surface area contributed by atoms with E-state index in [2.05, 4.69) is 6.92 Å². The van der Waals surface area contributed by atoms with Crippen molar-refractivity contribution in [3.05, 3.63) is 0 Å². The average Bonchev–Trinajstić information content (AvgIpc) is 1.61. The topological polar surface area (TPSA) is 20.2 Å². The van der Waals surface area contributed by atoms with Gasteiger partial charge in [-0.05, 0) is 6.42 Å². The summed E-state index contributed by atoms with van der Waals surface area (Å²) < 4.78 is 0. The van der Waals surface area contributed by atoms with Crippen LogP contribution >= 0.6 is 0 Å².